The van der Waals surface area contributed by atoms with Gasteiger partial charge in [0.15, 0.2) is 0 Å². The van der Waals surface area contributed by atoms with E-state index in [1.165, 1.54) is 46.1 Å². The van der Waals surface area contributed by atoms with Crippen LogP contribution in [0, 0.1) is 0 Å². The molecule has 2 aromatic carbocycles. The molecular weight excluding hydrogens is 392 g/mol. The van der Waals surface area contributed by atoms with E-state index in [1.807, 2.05) is 0 Å². The van der Waals surface area contributed by atoms with Crippen LogP contribution in [0.3, 0.4) is 0 Å². The van der Waals surface area contributed by atoms with Gasteiger partial charge in [0.25, 0.3) is 0 Å². The van der Waals surface area contributed by atoms with Crippen molar-refractivity contribution in [1.82, 2.24) is 9.88 Å². The van der Waals surface area contributed by atoms with Gasteiger partial charge in [-0.15, -0.1) is 12.4 Å². The number of para-hydroxylation sites is 1. The van der Waals surface area contributed by atoms with Gasteiger partial charge in [0.1, 0.15) is 12.4 Å². The van der Waals surface area contributed by atoms with Crippen LogP contribution in [0.4, 0.5) is 0 Å². The van der Waals surface area contributed by atoms with Crippen molar-refractivity contribution in [3.63, 3.8) is 0 Å². The second kappa shape index (κ2) is 8.64. The van der Waals surface area contributed by atoms with Crippen LogP contribution in [0.25, 0.3) is 10.9 Å². The molecule has 30 heavy (non-hydrogen) atoms. The zero-order chi connectivity index (χ0) is 19.8. The van der Waals surface area contributed by atoms with Crippen molar-refractivity contribution in [2.45, 2.75) is 57.9 Å². The van der Waals surface area contributed by atoms with Gasteiger partial charge in [0.2, 0.25) is 0 Å². The molecular formula is C26H33ClN2O. The number of nitrogens with one attached hydrogen (secondary N) is 1. The van der Waals surface area contributed by atoms with E-state index in [0.29, 0.717) is 0 Å². The SMILES string of the molecule is CC1(C)CCCc2c(OCCn3c4c(c5ccccc53)CCNCC4)cccc21.Cl. The Bertz CT molecular complexity index is 1040. The Hall–Kier alpha value is -1.97. The predicted octanol–water partition coefficient (Wildman–Crippen LogP) is 5.44. The number of ether oxygens (including phenoxy) is 1. The van der Waals surface area contributed by atoms with Gasteiger partial charge in [-0.05, 0) is 66.5 Å². The van der Waals surface area contributed by atoms with Gasteiger partial charge >= 0.3 is 0 Å². The minimum absolute atomic E-state index is 0. The van der Waals surface area contributed by atoms with Crippen molar-refractivity contribution >= 4 is 23.3 Å². The maximum Gasteiger partial charge on any atom is 0.122 e. The van der Waals surface area contributed by atoms with E-state index in [9.17, 15) is 0 Å². The second-order valence-corrected chi connectivity index (χ2v) is 9.21. The lowest BCUT2D eigenvalue weighted by Gasteiger charge is -2.33. The molecule has 0 bridgehead atoms. The highest BCUT2D eigenvalue weighted by atomic mass is 35.5. The van der Waals surface area contributed by atoms with Crippen molar-refractivity contribution in [2.24, 2.45) is 0 Å². The largest absolute Gasteiger partial charge is 0.491 e. The van der Waals surface area contributed by atoms with Gasteiger partial charge < -0.3 is 14.6 Å². The van der Waals surface area contributed by atoms with Crippen LogP contribution < -0.4 is 10.1 Å². The average molecular weight is 425 g/mol. The van der Waals surface area contributed by atoms with Gasteiger partial charge in [-0.3, -0.25) is 0 Å². The Morgan fingerprint density at radius 3 is 2.70 bits per heavy atom. The van der Waals surface area contributed by atoms with Crippen molar-refractivity contribution in [3.8, 4) is 5.75 Å². The van der Waals surface area contributed by atoms with Gasteiger partial charge in [0.05, 0.1) is 6.54 Å². The third-order valence-corrected chi connectivity index (χ3v) is 6.95. The Balaban J connectivity index is 0.00000218. The summed E-state index contributed by atoms with van der Waals surface area (Å²) in [5, 5.41) is 4.97. The maximum atomic E-state index is 6.41. The van der Waals surface area contributed by atoms with E-state index in [1.54, 1.807) is 0 Å². The zero-order valence-corrected chi connectivity index (χ0v) is 19.0. The fourth-order valence-corrected chi connectivity index (χ4v) is 5.47. The molecule has 0 saturated heterocycles. The molecule has 0 radical (unpaired) electrons. The molecule has 1 aliphatic heterocycles. The lowest BCUT2D eigenvalue weighted by atomic mass is 9.72. The van der Waals surface area contributed by atoms with Crippen LogP contribution in [0.5, 0.6) is 5.75 Å². The molecule has 160 valence electrons. The number of benzene rings is 2. The van der Waals surface area contributed by atoms with Crippen LogP contribution in [-0.2, 0) is 31.2 Å². The fourth-order valence-electron chi connectivity index (χ4n) is 5.47. The lowest BCUT2D eigenvalue weighted by molar-refractivity contribution is 0.291. The molecule has 2 heterocycles. The molecule has 0 atom stereocenters. The van der Waals surface area contributed by atoms with Crippen molar-refractivity contribution < 1.29 is 4.74 Å². The highest BCUT2D eigenvalue weighted by Gasteiger charge is 2.29. The molecule has 3 nitrogen and oxygen atoms in total. The molecule has 2 aliphatic rings. The lowest BCUT2D eigenvalue weighted by Crippen LogP contribution is -2.24. The van der Waals surface area contributed by atoms with Crippen LogP contribution in [-0.4, -0.2) is 24.3 Å². The Morgan fingerprint density at radius 2 is 1.80 bits per heavy atom. The highest BCUT2D eigenvalue weighted by Crippen LogP contribution is 2.40. The van der Waals surface area contributed by atoms with E-state index in [2.05, 4.69) is 66.2 Å². The summed E-state index contributed by atoms with van der Waals surface area (Å²) < 4.78 is 8.92. The molecule has 0 fully saturated rings. The van der Waals surface area contributed by atoms with Crippen LogP contribution >= 0.6 is 12.4 Å². The molecule has 1 aromatic heterocycles. The average Bonchev–Trinajstić information content (AvgIpc) is 2.86. The summed E-state index contributed by atoms with van der Waals surface area (Å²) in [5.41, 5.74) is 7.56. The summed E-state index contributed by atoms with van der Waals surface area (Å²) in [6.07, 6.45) is 5.87. The molecule has 0 unspecified atom stereocenters. The first kappa shape index (κ1) is 21.3. The monoisotopic (exact) mass is 424 g/mol. The maximum absolute atomic E-state index is 6.41. The molecule has 1 aliphatic carbocycles. The number of aromatic nitrogens is 1. The number of nitrogens with zero attached hydrogens (tertiary/aromatic N) is 1. The first-order valence-electron chi connectivity index (χ1n) is 11.2. The summed E-state index contributed by atoms with van der Waals surface area (Å²) >= 11 is 0. The first-order chi connectivity index (χ1) is 14.1. The Morgan fingerprint density at radius 1 is 0.967 bits per heavy atom. The minimum atomic E-state index is 0. The van der Waals surface area contributed by atoms with Gasteiger partial charge in [-0.1, -0.05) is 44.2 Å². The molecule has 5 rings (SSSR count). The van der Waals surface area contributed by atoms with E-state index in [0.717, 1.165) is 51.3 Å². The van der Waals surface area contributed by atoms with Crippen molar-refractivity contribution in [3.05, 3.63) is 64.8 Å². The van der Waals surface area contributed by atoms with Gasteiger partial charge in [-0.2, -0.15) is 0 Å². The van der Waals surface area contributed by atoms with Crippen LogP contribution in [0.1, 0.15) is 49.1 Å². The molecule has 1 N–H and O–H groups in total. The van der Waals surface area contributed by atoms with E-state index in [4.69, 9.17) is 4.74 Å². The standard InChI is InChI=1S/C26H32N2O.ClH/c1-26(2)14-6-8-21-22(26)9-5-11-25(21)29-18-17-28-23-10-4-3-7-19(23)20-12-15-27-16-13-24(20)28;/h3-5,7,9-11,27H,6,8,12-18H2,1-2H3;1H. The van der Waals surface area contributed by atoms with Gasteiger partial charge in [-0.25, -0.2) is 0 Å². The van der Waals surface area contributed by atoms with Crippen LogP contribution in [0.15, 0.2) is 42.5 Å². The number of hydrogen-bond acceptors (Lipinski definition) is 2. The third kappa shape index (κ3) is 3.74. The summed E-state index contributed by atoms with van der Waals surface area (Å²) in [7, 11) is 0. The molecule has 0 amide bonds. The molecule has 3 aromatic rings. The summed E-state index contributed by atoms with van der Waals surface area (Å²) in [5.74, 6) is 1.10. The quantitative estimate of drug-likeness (QED) is 0.603. The van der Waals surface area contributed by atoms with Crippen LogP contribution in [0.2, 0.25) is 0 Å². The number of rotatable bonds is 4. The molecule has 4 heteroatoms. The van der Waals surface area contributed by atoms with Crippen molar-refractivity contribution in [2.75, 3.05) is 19.7 Å². The van der Waals surface area contributed by atoms with E-state index >= 15 is 0 Å². The number of hydrogen-bond donors (Lipinski definition) is 1. The number of halogens is 1. The van der Waals surface area contributed by atoms with Gasteiger partial charge in [0, 0.05) is 29.6 Å². The predicted molar refractivity (Wildman–Crippen MR) is 127 cm³/mol. The number of fused-ring (bicyclic) bond motifs is 4. The van der Waals surface area contributed by atoms with E-state index in [-0.39, 0.29) is 17.8 Å². The molecule has 0 spiro atoms. The summed E-state index contributed by atoms with van der Waals surface area (Å²) in [4.78, 5) is 0. The Kier molecular flexibility index (Phi) is 6.13. The highest BCUT2D eigenvalue weighted by molar-refractivity contribution is 5.86. The fraction of sp³-hybridized carbons (Fsp3) is 0.462. The van der Waals surface area contributed by atoms with Crippen molar-refractivity contribution in [1.29, 1.82) is 0 Å². The first-order valence-corrected chi connectivity index (χ1v) is 11.2. The third-order valence-electron chi connectivity index (χ3n) is 6.95. The second-order valence-electron chi connectivity index (χ2n) is 9.21. The summed E-state index contributed by atoms with van der Waals surface area (Å²) in [6.45, 7) is 8.49. The zero-order valence-electron chi connectivity index (χ0n) is 18.2. The summed E-state index contributed by atoms with van der Waals surface area (Å²) in [6, 6.07) is 15.5. The minimum Gasteiger partial charge on any atom is -0.491 e. The normalized spacial score (nSPS) is 17.5. The van der Waals surface area contributed by atoms with E-state index < -0.39 is 0 Å². The Labute approximate surface area is 186 Å². The molecule has 0 saturated carbocycles. The smallest absolute Gasteiger partial charge is 0.122 e. The topological polar surface area (TPSA) is 26.2 Å².